The molecule has 0 fully saturated rings. The highest BCUT2D eigenvalue weighted by molar-refractivity contribution is 6.32. The molecule has 1 amide bonds. The van der Waals surface area contributed by atoms with Gasteiger partial charge in [0, 0.05) is 6.08 Å². The molecule has 1 N–H and O–H groups in total. The zero-order chi connectivity index (χ0) is 20.5. The number of ether oxygens (including phenoxy) is 1. The van der Waals surface area contributed by atoms with Crippen LogP contribution in [0.5, 0.6) is 5.75 Å². The number of fused-ring (bicyclic) bond motifs is 1. The summed E-state index contributed by atoms with van der Waals surface area (Å²) in [5, 5.41) is 9.36. The van der Waals surface area contributed by atoms with E-state index in [1.54, 1.807) is 31.2 Å². The molecule has 29 heavy (non-hydrogen) atoms. The SMILES string of the molecule is CC1=CC2=NC(=O)/C(=C/c3ccc(OC(=O)c4ccccc4F)cc3)C(=N)N2O1. The molecule has 2 aromatic carbocycles. The van der Waals surface area contributed by atoms with Crippen molar-refractivity contribution in [2.75, 3.05) is 0 Å². The maximum Gasteiger partial charge on any atom is 0.346 e. The van der Waals surface area contributed by atoms with Crippen LogP contribution < -0.4 is 4.74 Å². The Morgan fingerprint density at radius 3 is 2.66 bits per heavy atom. The number of nitrogens with zero attached hydrogens (tertiary/aromatic N) is 2. The number of esters is 1. The second-order valence-electron chi connectivity index (χ2n) is 6.26. The van der Waals surface area contributed by atoms with Crippen molar-refractivity contribution in [3.8, 4) is 5.75 Å². The van der Waals surface area contributed by atoms with Gasteiger partial charge in [-0.2, -0.15) is 4.99 Å². The number of carbonyl (C=O) groups is 2. The molecule has 4 rings (SSSR count). The molecule has 0 aliphatic carbocycles. The van der Waals surface area contributed by atoms with Crippen LogP contribution in [0.1, 0.15) is 22.8 Å². The van der Waals surface area contributed by atoms with Crippen LogP contribution in [0.15, 0.2) is 70.9 Å². The van der Waals surface area contributed by atoms with Crippen molar-refractivity contribution >= 4 is 29.6 Å². The average molecular weight is 391 g/mol. The number of hydrogen-bond donors (Lipinski definition) is 1. The van der Waals surface area contributed by atoms with Crippen LogP contribution in [0.4, 0.5) is 4.39 Å². The second-order valence-corrected chi connectivity index (χ2v) is 6.26. The van der Waals surface area contributed by atoms with E-state index in [-0.39, 0.29) is 28.6 Å². The third-order valence-corrected chi connectivity index (χ3v) is 4.18. The van der Waals surface area contributed by atoms with Crippen molar-refractivity contribution in [3.05, 3.63) is 82.9 Å². The van der Waals surface area contributed by atoms with E-state index >= 15 is 0 Å². The van der Waals surface area contributed by atoms with Crippen molar-refractivity contribution in [3.63, 3.8) is 0 Å². The molecule has 0 saturated heterocycles. The van der Waals surface area contributed by atoms with Gasteiger partial charge in [0.25, 0.3) is 5.91 Å². The monoisotopic (exact) mass is 391 g/mol. The van der Waals surface area contributed by atoms with Gasteiger partial charge in [0.15, 0.2) is 11.7 Å². The molecule has 0 atom stereocenters. The predicted molar refractivity (Wildman–Crippen MR) is 103 cm³/mol. The summed E-state index contributed by atoms with van der Waals surface area (Å²) >= 11 is 0. The molecule has 2 aliphatic heterocycles. The van der Waals surface area contributed by atoms with Crippen molar-refractivity contribution in [1.29, 1.82) is 5.41 Å². The first-order chi connectivity index (χ1) is 13.9. The molecule has 0 aromatic heterocycles. The fraction of sp³-hybridized carbons (Fsp3) is 0.0476. The minimum absolute atomic E-state index is 0.0629. The number of halogens is 1. The van der Waals surface area contributed by atoms with E-state index in [1.807, 2.05) is 0 Å². The lowest BCUT2D eigenvalue weighted by Crippen LogP contribution is -2.38. The first kappa shape index (κ1) is 18.3. The van der Waals surface area contributed by atoms with Gasteiger partial charge >= 0.3 is 5.97 Å². The fourth-order valence-corrected chi connectivity index (χ4v) is 2.79. The standard InChI is InChI=1S/C21H14FN3O4/c1-12-10-18-24-20(26)16(19(23)25(18)29-12)11-13-6-8-14(9-7-13)28-21(27)15-4-2-3-5-17(15)22/h2-11,23H,1H3/b16-11+,23-19?. The number of nitrogens with one attached hydrogen (secondary N) is 1. The third-order valence-electron chi connectivity index (χ3n) is 4.18. The third kappa shape index (κ3) is 3.55. The predicted octanol–water partition coefficient (Wildman–Crippen LogP) is 3.50. The summed E-state index contributed by atoms with van der Waals surface area (Å²) in [6, 6.07) is 11.8. The molecule has 2 heterocycles. The minimum atomic E-state index is -0.811. The maximum atomic E-state index is 13.7. The zero-order valence-corrected chi connectivity index (χ0v) is 15.2. The number of hydrogen-bond acceptors (Lipinski definition) is 5. The maximum absolute atomic E-state index is 13.7. The highest BCUT2D eigenvalue weighted by atomic mass is 19.1. The highest BCUT2D eigenvalue weighted by Crippen LogP contribution is 2.24. The van der Waals surface area contributed by atoms with Crippen molar-refractivity contribution in [2.45, 2.75) is 6.92 Å². The molecule has 2 aliphatic rings. The summed E-state index contributed by atoms with van der Waals surface area (Å²) in [5.41, 5.74) is 0.488. The Morgan fingerprint density at radius 1 is 1.21 bits per heavy atom. The number of amidine groups is 2. The van der Waals surface area contributed by atoms with Gasteiger partial charge in [0.1, 0.15) is 17.3 Å². The number of benzene rings is 2. The largest absolute Gasteiger partial charge is 0.423 e. The van der Waals surface area contributed by atoms with Crippen LogP contribution in [-0.4, -0.2) is 28.6 Å². The van der Waals surface area contributed by atoms with Crippen LogP contribution in [0, 0.1) is 11.2 Å². The first-order valence-corrected chi connectivity index (χ1v) is 8.59. The first-order valence-electron chi connectivity index (χ1n) is 8.59. The van der Waals surface area contributed by atoms with E-state index < -0.39 is 17.7 Å². The number of rotatable bonds is 3. The Labute approximate surface area is 164 Å². The second kappa shape index (κ2) is 7.16. The Kier molecular flexibility index (Phi) is 4.52. The van der Waals surface area contributed by atoms with Crippen LogP contribution in [0.3, 0.4) is 0 Å². The van der Waals surface area contributed by atoms with E-state index in [4.69, 9.17) is 15.0 Å². The summed E-state index contributed by atoms with van der Waals surface area (Å²) in [6.45, 7) is 1.70. The number of amides is 1. The van der Waals surface area contributed by atoms with Crippen LogP contribution >= 0.6 is 0 Å². The van der Waals surface area contributed by atoms with E-state index in [2.05, 4.69) is 4.99 Å². The van der Waals surface area contributed by atoms with Crippen molar-refractivity contribution in [2.24, 2.45) is 4.99 Å². The number of allylic oxidation sites excluding steroid dienone is 1. The number of carbonyl (C=O) groups excluding carboxylic acids is 2. The summed E-state index contributed by atoms with van der Waals surface area (Å²) in [7, 11) is 0. The van der Waals surface area contributed by atoms with Crippen molar-refractivity contribution < 1.29 is 23.6 Å². The lowest BCUT2D eigenvalue weighted by molar-refractivity contribution is -0.114. The Morgan fingerprint density at radius 2 is 1.93 bits per heavy atom. The zero-order valence-electron chi connectivity index (χ0n) is 15.2. The van der Waals surface area contributed by atoms with Gasteiger partial charge < -0.3 is 9.57 Å². The van der Waals surface area contributed by atoms with E-state index in [0.717, 1.165) is 0 Å². The Bertz CT molecular complexity index is 1130. The smallest absolute Gasteiger partial charge is 0.346 e. The normalized spacial score (nSPS) is 16.9. The molecular formula is C21H14FN3O4. The van der Waals surface area contributed by atoms with E-state index in [1.165, 1.54) is 41.5 Å². The van der Waals surface area contributed by atoms with Crippen LogP contribution in [0.25, 0.3) is 6.08 Å². The quantitative estimate of drug-likeness (QED) is 0.491. The van der Waals surface area contributed by atoms with E-state index in [0.29, 0.717) is 11.3 Å². The molecule has 7 nitrogen and oxygen atoms in total. The minimum Gasteiger partial charge on any atom is -0.423 e. The van der Waals surface area contributed by atoms with Crippen molar-refractivity contribution in [1.82, 2.24) is 5.06 Å². The number of hydroxylamine groups is 2. The molecule has 8 heteroatoms. The summed E-state index contributed by atoms with van der Waals surface area (Å²) in [5.74, 6) is -1.13. The summed E-state index contributed by atoms with van der Waals surface area (Å²) in [6.07, 6.45) is 3.06. The van der Waals surface area contributed by atoms with Gasteiger partial charge in [-0.15, -0.1) is 5.06 Å². The topological polar surface area (TPSA) is 92.0 Å². The highest BCUT2D eigenvalue weighted by Gasteiger charge is 2.34. The summed E-state index contributed by atoms with van der Waals surface area (Å²) in [4.78, 5) is 33.6. The molecule has 0 unspecified atom stereocenters. The molecule has 0 saturated carbocycles. The number of aliphatic imine (C=N–C) groups is 1. The van der Waals surface area contributed by atoms with Gasteiger partial charge in [-0.1, -0.05) is 24.3 Å². The van der Waals surface area contributed by atoms with Crippen LogP contribution in [0.2, 0.25) is 0 Å². The molecule has 144 valence electrons. The lowest BCUT2D eigenvalue weighted by atomic mass is 10.1. The lowest BCUT2D eigenvalue weighted by Gasteiger charge is -2.22. The Hall–Kier alpha value is -4.07. The summed E-state index contributed by atoms with van der Waals surface area (Å²) < 4.78 is 18.8. The molecule has 0 bridgehead atoms. The average Bonchev–Trinajstić information content (AvgIpc) is 3.07. The Balaban J connectivity index is 1.52. The van der Waals surface area contributed by atoms with Gasteiger partial charge in [0.2, 0.25) is 0 Å². The van der Waals surface area contributed by atoms with E-state index in [9.17, 15) is 14.0 Å². The fourth-order valence-electron chi connectivity index (χ4n) is 2.79. The van der Waals surface area contributed by atoms with Crippen LogP contribution in [-0.2, 0) is 9.63 Å². The van der Waals surface area contributed by atoms with Gasteiger partial charge in [-0.05, 0) is 42.8 Å². The van der Waals surface area contributed by atoms with Gasteiger partial charge in [0.05, 0.1) is 11.1 Å². The molecule has 0 radical (unpaired) electrons. The van der Waals surface area contributed by atoms with Gasteiger partial charge in [-0.25, -0.2) is 9.18 Å². The molecule has 2 aromatic rings. The molecule has 0 spiro atoms. The molecular weight excluding hydrogens is 377 g/mol. The van der Waals surface area contributed by atoms with Gasteiger partial charge in [-0.3, -0.25) is 10.2 Å².